The molecule has 0 heterocycles. The van der Waals surface area contributed by atoms with Crippen LogP contribution in [0.4, 0.5) is 11.4 Å². The molecular weight excluding hydrogens is 204 g/mol. The number of methoxy groups -OCH3 is 1. The molecular formula is C12H20N2O2. The molecule has 0 bridgehead atoms. The van der Waals surface area contributed by atoms with Crippen molar-refractivity contribution in [2.75, 3.05) is 37.9 Å². The Bertz CT molecular complexity index is 342. The van der Waals surface area contributed by atoms with Crippen molar-refractivity contribution >= 4 is 11.4 Å². The van der Waals surface area contributed by atoms with Crippen LogP contribution in [0.1, 0.15) is 5.56 Å². The smallest absolute Gasteiger partial charge is 0.0947 e. The fourth-order valence-corrected chi connectivity index (χ4v) is 1.64. The monoisotopic (exact) mass is 224 g/mol. The van der Waals surface area contributed by atoms with E-state index >= 15 is 0 Å². The number of hydrogen-bond donors (Lipinski definition) is 2. The van der Waals surface area contributed by atoms with Gasteiger partial charge in [0.2, 0.25) is 0 Å². The van der Waals surface area contributed by atoms with E-state index in [0.717, 1.165) is 16.9 Å². The quantitative estimate of drug-likeness (QED) is 0.733. The number of benzene rings is 1. The van der Waals surface area contributed by atoms with Crippen molar-refractivity contribution in [2.45, 2.75) is 13.0 Å². The van der Waals surface area contributed by atoms with Gasteiger partial charge in [-0.3, -0.25) is 0 Å². The minimum atomic E-state index is -0.505. The first-order chi connectivity index (χ1) is 7.54. The Balaban J connectivity index is 2.72. The molecule has 4 heteroatoms. The minimum absolute atomic E-state index is 0.329. The fourth-order valence-electron chi connectivity index (χ4n) is 1.64. The van der Waals surface area contributed by atoms with Crippen molar-refractivity contribution in [3.63, 3.8) is 0 Å². The number of aryl methyl sites for hydroxylation is 1. The lowest BCUT2D eigenvalue weighted by Gasteiger charge is -2.24. The summed E-state index contributed by atoms with van der Waals surface area (Å²) in [5, 5.41) is 9.63. The van der Waals surface area contributed by atoms with Gasteiger partial charge in [0.25, 0.3) is 0 Å². The SMILES string of the molecule is COCC(O)CN(C)c1cc(C)ccc1N. The number of anilines is 2. The standard InChI is InChI=1S/C12H20N2O2/c1-9-4-5-11(13)12(6-9)14(2)7-10(15)8-16-3/h4-6,10,15H,7-8,13H2,1-3H3. The van der Waals surface area contributed by atoms with E-state index in [1.54, 1.807) is 7.11 Å². The number of aliphatic hydroxyl groups excluding tert-OH is 1. The fraction of sp³-hybridized carbons (Fsp3) is 0.500. The first kappa shape index (κ1) is 12.8. The molecule has 0 saturated carbocycles. The third-order valence-corrected chi connectivity index (χ3v) is 2.44. The van der Waals surface area contributed by atoms with Crippen LogP contribution in [0.5, 0.6) is 0 Å². The van der Waals surface area contributed by atoms with E-state index < -0.39 is 6.10 Å². The predicted molar refractivity (Wildman–Crippen MR) is 66.7 cm³/mol. The molecule has 0 aliphatic carbocycles. The van der Waals surface area contributed by atoms with E-state index in [9.17, 15) is 5.11 Å². The first-order valence-corrected chi connectivity index (χ1v) is 5.29. The van der Waals surface area contributed by atoms with Crippen molar-refractivity contribution in [1.29, 1.82) is 0 Å². The molecule has 1 unspecified atom stereocenters. The zero-order chi connectivity index (χ0) is 12.1. The van der Waals surface area contributed by atoms with Crippen molar-refractivity contribution < 1.29 is 9.84 Å². The molecule has 0 aliphatic heterocycles. The lowest BCUT2D eigenvalue weighted by atomic mass is 10.1. The minimum Gasteiger partial charge on any atom is -0.397 e. The number of ether oxygens (including phenoxy) is 1. The molecule has 0 spiro atoms. The summed E-state index contributed by atoms with van der Waals surface area (Å²) in [6.07, 6.45) is -0.505. The summed E-state index contributed by atoms with van der Waals surface area (Å²) in [6.45, 7) is 2.85. The largest absolute Gasteiger partial charge is 0.397 e. The number of likely N-dealkylation sites (N-methyl/N-ethyl adjacent to an activating group) is 1. The summed E-state index contributed by atoms with van der Waals surface area (Å²) in [7, 11) is 3.48. The number of nitrogen functional groups attached to an aromatic ring is 1. The zero-order valence-electron chi connectivity index (χ0n) is 10.1. The van der Waals surface area contributed by atoms with E-state index in [4.69, 9.17) is 10.5 Å². The van der Waals surface area contributed by atoms with Crippen LogP contribution in [-0.4, -0.2) is 38.5 Å². The molecule has 1 atom stereocenters. The summed E-state index contributed by atoms with van der Waals surface area (Å²) in [5.74, 6) is 0. The molecule has 90 valence electrons. The molecule has 1 aromatic carbocycles. The van der Waals surface area contributed by atoms with Gasteiger partial charge in [-0.25, -0.2) is 0 Å². The molecule has 3 N–H and O–H groups in total. The maximum absolute atomic E-state index is 9.63. The van der Waals surface area contributed by atoms with E-state index in [1.165, 1.54) is 0 Å². The highest BCUT2D eigenvalue weighted by molar-refractivity contribution is 5.68. The van der Waals surface area contributed by atoms with Crippen molar-refractivity contribution in [3.05, 3.63) is 23.8 Å². The Morgan fingerprint density at radius 2 is 2.19 bits per heavy atom. The van der Waals surface area contributed by atoms with Gasteiger partial charge in [0.15, 0.2) is 0 Å². The van der Waals surface area contributed by atoms with Gasteiger partial charge in [0, 0.05) is 20.7 Å². The third kappa shape index (κ3) is 3.40. The highest BCUT2D eigenvalue weighted by atomic mass is 16.5. The molecule has 0 fully saturated rings. The number of aliphatic hydroxyl groups is 1. The maximum atomic E-state index is 9.63. The second kappa shape index (κ2) is 5.72. The van der Waals surface area contributed by atoms with Gasteiger partial charge in [0.05, 0.1) is 24.1 Å². The average Bonchev–Trinajstić information content (AvgIpc) is 2.21. The predicted octanol–water partition coefficient (Wildman–Crippen LogP) is 1.02. The summed E-state index contributed by atoms with van der Waals surface area (Å²) in [4.78, 5) is 1.94. The molecule has 1 rings (SSSR count). The van der Waals surface area contributed by atoms with E-state index in [-0.39, 0.29) is 0 Å². The Kier molecular flexibility index (Phi) is 4.58. The van der Waals surface area contributed by atoms with Crippen molar-refractivity contribution in [1.82, 2.24) is 0 Å². The molecule has 0 saturated heterocycles. The maximum Gasteiger partial charge on any atom is 0.0947 e. The molecule has 0 amide bonds. The Labute approximate surface area is 96.6 Å². The molecule has 0 aromatic heterocycles. The van der Waals surface area contributed by atoms with Gasteiger partial charge < -0.3 is 20.5 Å². The average molecular weight is 224 g/mol. The molecule has 1 aromatic rings. The van der Waals surface area contributed by atoms with Gasteiger partial charge in [-0.2, -0.15) is 0 Å². The van der Waals surface area contributed by atoms with E-state index in [1.807, 2.05) is 37.1 Å². The number of rotatable bonds is 5. The number of nitrogens with two attached hydrogens (primary N) is 1. The van der Waals surface area contributed by atoms with Crippen LogP contribution < -0.4 is 10.6 Å². The van der Waals surface area contributed by atoms with Crippen LogP contribution in [-0.2, 0) is 4.74 Å². The van der Waals surface area contributed by atoms with Crippen LogP contribution in [0.3, 0.4) is 0 Å². The highest BCUT2D eigenvalue weighted by Crippen LogP contribution is 2.23. The second-order valence-electron chi connectivity index (χ2n) is 4.05. The Hall–Kier alpha value is -1.26. The van der Waals surface area contributed by atoms with Crippen molar-refractivity contribution in [3.8, 4) is 0 Å². The van der Waals surface area contributed by atoms with Crippen LogP contribution in [0.15, 0.2) is 18.2 Å². The highest BCUT2D eigenvalue weighted by Gasteiger charge is 2.10. The molecule has 4 nitrogen and oxygen atoms in total. The lowest BCUT2D eigenvalue weighted by molar-refractivity contribution is 0.0695. The zero-order valence-corrected chi connectivity index (χ0v) is 10.1. The van der Waals surface area contributed by atoms with Gasteiger partial charge >= 0.3 is 0 Å². The summed E-state index contributed by atoms with van der Waals surface area (Å²) < 4.78 is 4.89. The van der Waals surface area contributed by atoms with Crippen LogP contribution in [0, 0.1) is 6.92 Å². The molecule has 0 radical (unpaired) electrons. The van der Waals surface area contributed by atoms with Crippen LogP contribution in [0.25, 0.3) is 0 Å². The topological polar surface area (TPSA) is 58.7 Å². The van der Waals surface area contributed by atoms with Crippen molar-refractivity contribution in [2.24, 2.45) is 0 Å². The van der Waals surface area contributed by atoms with E-state index in [0.29, 0.717) is 13.2 Å². The first-order valence-electron chi connectivity index (χ1n) is 5.29. The Morgan fingerprint density at radius 3 is 2.81 bits per heavy atom. The summed E-state index contributed by atoms with van der Waals surface area (Å²) in [5.41, 5.74) is 8.70. The van der Waals surface area contributed by atoms with Gasteiger partial charge in [-0.05, 0) is 24.6 Å². The molecule has 16 heavy (non-hydrogen) atoms. The van der Waals surface area contributed by atoms with Gasteiger partial charge in [-0.1, -0.05) is 6.07 Å². The normalized spacial score (nSPS) is 12.5. The summed E-state index contributed by atoms with van der Waals surface area (Å²) >= 11 is 0. The Morgan fingerprint density at radius 1 is 1.50 bits per heavy atom. The van der Waals surface area contributed by atoms with Crippen LogP contribution in [0.2, 0.25) is 0 Å². The number of hydrogen-bond acceptors (Lipinski definition) is 4. The second-order valence-corrected chi connectivity index (χ2v) is 4.05. The lowest BCUT2D eigenvalue weighted by Crippen LogP contribution is -2.32. The van der Waals surface area contributed by atoms with E-state index in [2.05, 4.69) is 0 Å². The third-order valence-electron chi connectivity index (χ3n) is 2.44. The molecule has 0 aliphatic rings. The summed E-state index contributed by atoms with van der Waals surface area (Å²) in [6, 6.07) is 5.86. The van der Waals surface area contributed by atoms with Gasteiger partial charge in [0.1, 0.15) is 0 Å². The van der Waals surface area contributed by atoms with Crippen LogP contribution >= 0.6 is 0 Å². The number of nitrogens with zero attached hydrogens (tertiary/aromatic N) is 1. The van der Waals surface area contributed by atoms with Gasteiger partial charge in [-0.15, -0.1) is 0 Å².